The van der Waals surface area contributed by atoms with Crippen molar-refractivity contribution in [1.82, 2.24) is 14.0 Å². The number of carbonyl (C=O) groups excluding carboxylic acids is 1. The molecule has 1 amide bonds. The fourth-order valence-electron chi connectivity index (χ4n) is 4.18. The normalized spacial score (nSPS) is 16.5. The summed E-state index contributed by atoms with van der Waals surface area (Å²) in [7, 11) is -1.77. The number of hydrogen-bond acceptors (Lipinski definition) is 5. The molecular weight excluding hydrogens is 478 g/mol. The largest absolute Gasteiger partial charge is 0.351 e. The number of fused-ring (bicyclic) bond motifs is 1. The van der Waals surface area contributed by atoms with Crippen LogP contribution in [0.3, 0.4) is 0 Å². The summed E-state index contributed by atoms with van der Waals surface area (Å²) in [6, 6.07) is 16.7. The van der Waals surface area contributed by atoms with Crippen molar-refractivity contribution in [3.8, 4) is 11.1 Å². The molecule has 2 aromatic heterocycles. The highest BCUT2D eigenvalue weighted by Gasteiger charge is 2.17. The average Bonchev–Trinajstić information content (AvgIpc) is 3.54. The maximum Gasteiger partial charge on any atom is 0.267 e. The lowest BCUT2D eigenvalue weighted by atomic mass is 10.0. The lowest BCUT2D eigenvalue weighted by Gasteiger charge is -2.21. The van der Waals surface area contributed by atoms with E-state index in [2.05, 4.69) is 28.2 Å². The number of carbonyl (C=O) groups is 1. The topological polar surface area (TPSA) is 91.6 Å². The van der Waals surface area contributed by atoms with Crippen LogP contribution in [0.15, 0.2) is 84.2 Å². The minimum atomic E-state index is -3.77. The number of aryl methyl sites for hydroxylation is 1. The molecule has 1 aliphatic rings. The number of nitrogens with zero attached hydrogens (tertiary/aromatic N) is 2. The summed E-state index contributed by atoms with van der Waals surface area (Å²) >= 11 is 0. The van der Waals surface area contributed by atoms with Crippen molar-refractivity contribution >= 4 is 32.9 Å². The SMILES string of the molecule is Cn1ccc2cc(-c3ccc(S(=O)(=O)n4ccc(C=CC(=O)NOC5CCCCO5)c4)cc3)ccc21. The maximum atomic E-state index is 13.1. The Morgan fingerprint density at radius 3 is 2.64 bits per heavy atom. The Labute approximate surface area is 209 Å². The molecule has 1 aliphatic heterocycles. The van der Waals surface area contributed by atoms with Crippen LogP contribution in [0, 0.1) is 0 Å². The van der Waals surface area contributed by atoms with Gasteiger partial charge < -0.3 is 9.30 Å². The first-order valence-electron chi connectivity index (χ1n) is 11.7. The first-order valence-corrected chi connectivity index (χ1v) is 13.2. The van der Waals surface area contributed by atoms with Gasteiger partial charge in [-0.1, -0.05) is 18.2 Å². The molecule has 0 radical (unpaired) electrons. The zero-order chi connectivity index (χ0) is 25.1. The fraction of sp³-hybridized carbons (Fsp3) is 0.222. The van der Waals surface area contributed by atoms with Gasteiger partial charge in [-0.2, -0.15) is 0 Å². The maximum absolute atomic E-state index is 13.1. The van der Waals surface area contributed by atoms with Gasteiger partial charge in [-0.25, -0.2) is 22.7 Å². The Kier molecular flexibility index (Phi) is 6.77. The second-order valence-electron chi connectivity index (χ2n) is 8.72. The third-order valence-electron chi connectivity index (χ3n) is 6.19. The predicted molar refractivity (Wildman–Crippen MR) is 137 cm³/mol. The molecule has 0 spiro atoms. The van der Waals surface area contributed by atoms with Crippen LogP contribution < -0.4 is 5.48 Å². The van der Waals surface area contributed by atoms with E-state index in [1.54, 1.807) is 18.2 Å². The van der Waals surface area contributed by atoms with Crippen molar-refractivity contribution in [2.24, 2.45) is 7.05 Å². The van der Waals surface area contributed by atoms with Gasteiger partial charge in [0.05, 0.1) is 4.90 Å². The van der Waals surface area contributed by atoms with Crippen LogP contribution in [0.1, 0.15) is 24.8 Å². The van der Waals surface area contributed by atoms with E-state index in [9.17, 15) is 13.2 Å². The summed E-state index contributed by atoms with van der Waals surface area (Å²) in [6.07, 6.45) is 10.0. The summed E-state index contributed by atoms with van der Waals surface area (Å²) in [5.74, 6) is -0.455. The van der Waals surface area contributed by atoms with E-state index in [1.165, 1.54) is 24.5 Å². The monoisotopic (exact) mass is 505 g/mol. The molecule has 4 aromatic rings. The van der Waals surface area contributed by atoms with Gasteiger partial charge in [0.15, 0.2) is 6.29 Å². The van der Waals surface area contributed by atoms with Gasteiger partial charge in [0.25, 0.3) is 15.9 Å². The van der Waals surface area contributed by atoms with Crippen LogP contribution in [-0.4, -0.2) is 35.8 Å². The number of hydrogen-bond donors (Lipinski definition) is 1. The van der Waals surface area contributed by atoms with Crippen molar-refractivity contribution in [3.63, 3.8) is 0 Å². The van der Waals surface area contributed by atoms with Crippen LogP contribution in [0.5, 0.6) is 0 Å². The number of rotatable bonds is 7. The lowest BCUT2D eigenvalue weighted by Crippen LogP contribution is -2.32. The van der Waals surface area contributed by atoms with Gasteiger partial charge in [0.1, 0.15) is 0 Å². The number of aromatic nitrogens is 2. The molecule has 3 heterocycles. The Bertz CT molecular complexity index is 1510. The first-order chi connectivity index (χ1) is 17.4. The third kappa shape index (κ3) is 5.13. The Morgan fingerprint density at radius 1 is 1.06 bits per heavy atom. The summed E-state index contributed by atoms with van der Waals surface area (Å²) in [4.78, 5) is 17.4. The second kappa shape index (κ2) is 10.1. The molecule has 1 saturated heterocycles. The van der Waals surface area contributed by atoms with Crippen LogP contribution in [0.25, 0.3) is 28.1 Å². The smallest absolute Gasteiger partial charge is 0.267 e. The van der Waals surface area contributed by atoms with Crippen molar-refractivity contribution in [2.45, 2.75) is 30.4 Å². The van der Waals surface area contributed by atoms with Gasteiger partial charge in [0.2, 0.25) is 0 Å². The minimum absolute atomic E-state index is 0.178. The summed E-state index contributed by atoms with van der Waals surface area (Å²) in [5, 5.41) is 1.13. The van der Waals surface area contributed by atoms with E-state index >= 15 is 0 Å². The molecule has 9 heteroatoms. The van der Waals surface area contributed by atoms with E-state index in [1.807, 2.05) is 31.4 Å². The Morgan fingerprint density at radius 2 is 1.86 bits per heavy atom. The van der Waals surface area contributed by atoms with Crippen LogP contribution >= 0.6 is 0 Å². The van der Waals surface area contributed by atoms with Crippen LogP contribution in [-0.2, 0) is 31.4 Å². The molecule has 1 unspecified atom stereocenters. The minimum Gasteiger partial charge on any atom is -0.351 e. The molecule has 1 fully saturated rings. The summed E-state index contributed by atoms with van der Waals surface area (Å²) in [5.41, 5.74) is 5.99. The molecular formula is C27H27N3O5S. The van der Waals surface area contributed by atoms with Gasteiger partial charge >= 0.3 is 0 Å². The third-order valence-corrected chi connectivity index (χ3v) is 7.84. The van der Waals surface area contributed by atoms with Crippen LogP contribution in [0.2, 0.25) is 0 Å². The molecule has 1 atom stereocenters. The van der Waals surface area contributed by atoms with Gasteiger partial charge in [0, 0.05) is 55.6 Å². The van der Waals surface area contributed by atoms with Crippen molar-refractivity contribution in [3.05, 3.63) is 84.8 Å². The highest BCUT2D eigenvalue weighted by molar-refractivity contribution is 7.90. The Hall–Kier alpha value is -3.66. The Balaban J connectivity index is 1.25. The number of hydroxylamine groups is 1. The molecule has 186 valence electrons. The standard InChI is InChI=1S/C27H27N3O5S/c1-29-15-14-23-18-22(8-11-25(23)29)21-6-9-24(10-7-21)36(32,33)30-16-13-20(19-30)5-12-26(31)28-35-27-4-2-3-17-34-27/h5-16,18-19,27H,2-4,17H2,1H3,(H,28,31). The van der Waals surface area contributed by atoms with Gasteiger partial charge in [-0.3, -0.25) is 4.79 Å². The highest BCUT2D eigenvalue weighted by Crippen LogP contribution is 2.26. The quantitative estimate of drug-likeness (QED) is 0.296. The number of nitrogens with one attached hydrogen (secondary N) is 1. The van der Waals surface area contributed by atoms with Gasteiger partial charge in [-0.15, -0.1) is 0 Å². The zero-order valence-corrected chi connectivity index (χ0v) is 20.6. The van der Waals surface area contributed by atoms with E-state index < -0.39 is 22.2 Å². The molecule has 0 saturated carbocycles. The van der Waals surface area contributed by atoms with Crippen LogP contribution in [0.4, 0.5) is 0 Å². The zero-order valence-electron chi connectivity index (χ0n) is 19.8. The predicted octanol–water partition coefficient (Wildman–Crippen LogP) is 4.47. The number of ether oxygens (including phenoxy) is 1. The van der Waals surface area contributed by atoms with E-state index in [-0.39, 0.29) is 4.90 Å². The van der Waals surface area contributed by atoms with Crippen molar-refractivity contribution in [1.29, 1.82) is 0 Å². The fourth-order valence-corrected chi connectivity index (χ4v) is 5.38. The molecule has 1 N–H and O–H groups in total. The molecule has 5 rings (SSSR count). The highest BCUT2D eigenvalue weighted by atomic mass is 32.2. The molecule has 36 heavy (non-hydrogen) atoms. The molecule has 8 nitrogen and oxygen atoms in total. The second-order valence-corrected chi connectivity index (χ2v) is 10.6. The van der Waals surface area contributed by atoms with Crippen molar-refractivity contribution in [2.75, 3.05) is 6.61 Å². The van der Waals surface area contributed by atoms with Gasteiger partial charge in [-0.05, 0) is 72.0 Å². The molecule has 0 aliphatic carbocycles. The summed E-state index contributed by atoms with van der Waals surface area (Å²) in [6.45, 7) is 0.616. The number of amides is 1. The van der Waals surface area contributed by atoms with E-state index in [0.717, 1.165) is 45.3 Å². The molecule has 2 aromatic carbocycles. The van der Waals surface area contributed by atoms with E-state index in [0.29, 0.717) is 12.2 Å². The first kappa shape index (κ1) is 24.1. The van der Waals surface area contributed by atoms with Crippen molar-refractivity contribution < 1.29 is 22.8 Å². The average molecular weight is 506 g/mol. The lowest BCUT2D eigenvalue weighted by molar-refractivity contribution is -0.198. The summed E-state index contributed by atoms with van der Waals surface area (Å²) < 4.78 is 34.8. The number of benzene rings is 2. The van der Waals surface area contributed by atoms with E-state index in [4.69, 9.17) is 9.57 Å². The molecule has 0 bridgehead atoms.